The fraction of sp³-hybridized carbons (Fsp3) is 0.286. The first kappa shape index (κ1) is 21.8. The van der Waals surface area contributed by atoms with Crippen LogP contribution in [-0.4, -0.2) is 18.4 Å². The Bertz CT molecular complexity index is 1120. The third kappa shape index (κ3) is 4.91. The first-order chi connectivity index (χ1) is 15.5. The maximum absolute atomic E-state index is 12.9. The van der Waals surface area contributed by atoms with Crippen LogP contribution in [0, 0.1) is 0 Å². The van der Waals surface area contributed by atoms with E-state index in [0.29, 0.717) is 18.1 Å². The summed E-state index contributed by atoms with van der Waals surface area (Å²) in [4.78, 5) is 23.9. The van der Waals surface area contributed by atoms with E-state index in [0.717, 1.165) is 54.4 Å². The smallest absolute Gasteiger partial charge is 0.308 e. The maximum Gasteiger partial charge on any atom is 0.308 e. The molecule has 0 unspecified atom stereocenters. The van der Waals surface area contributed by atoms with Gasteiger partial charge in [-0.25, -0.2) is 0 Å². The fourth-order valence-corrected chi connectivity index (χ4v) is 4.07. The van der Waals surface area contributed by atoms with E-state index in [1.165, 1.54) is 18.1 Å². The highest BCUT2D eigenvalue weighted by atomic mass is 16.5. The minimum absolute atomic E-state index is 0.0235. The quantitative estimate of drug-likeness (QED) is 0.286. The molecular weight excluding hydrogens is 400 g/mol. The van der Waals surface area contributed by atoms with E-state index in [1.54, 1.807) is 0 Å². The highest BCUT2D eigenvalue weighted by Gasteiger charge is 2.29. The Morgan fingerprint density at radius 1 is 0.906 bits per heavy atom. The zero-order chi connectivity index (χ0) is 22.5. The minimum Gasteiger partial charge on any atom is -0.489 e. The summed E-state index contributed by atoms with van der Waals surface area (Å²) in [6, 6.07) is 14.0. The molecule has 4 nitrogen and oxygen atoms in total. The van der Waals surface area contributed by atoms with Gasteiger partial charge in [0.05, 0.1) is 6.61 Å². The second-order valence-corrected chi connectivity index (χ2v) is 8.21. The molecule has 0 saturated heterocycles. The van der Waals surface area contributed by atoms with Crippen LogP contribution in [0.1, 0.15) is 55.4 Å². The fourth-order valence-electron chi connectivity index (χ4n) is 4.07. The number of benzene rings is 2. The van der Waals surface area contributed by atoms with Crippen molar-refractivity contribution in [1.29, 1.82) is 0 Å². The molecule has 0 fully saturated rings. The summed E-state index contributed by atoms with van der Waals surface area (Å²) in [7, 11) is 0. The highest BCUT2D eigenvalue weighted by Crippen LogP contribution is 2.40. The van der Waals surface area contributed by atoms with Crippen LogP contribution in [0.25, 0.3) is 11.6 Å². The summed E-state index contributed by atoms with van der Waals surface area (Å²) in [5, 5.41) is 0. The Morgan fingerprint density at radius 2 is 1.66 bits per heavy atom. The highest BCUT2D eigenvalue weighted by molar-refractivity contribution is 6.25. The molecule has 2 aromatic carbocycles. The van der Waals surface area contributed by atoms with Gasteiger partial charge in [0.1, 0.15) is 5.75 Å². The standard InChI is InChI=1S/C28H28O4/c1-3-4-5-16-31-27-15-14-25-24-13-10-21(17-22(24)18-26(25)28(27)30)7-6-20-8-11-23(12-9-20)32-19(2)29/h8-15,17-18H,3-7,16H2,1-2H3. The number of unbranched alkanes of at least 4 members (excludes halogenated alkanes) is 2. The third-order valence-electron chi connectivity index (χ3n) is 5.76. The summed E-state index contributed by atoms with van der Waals surface area (Å²) < 4.78 is 10.8. The first-order valence-electron chi connectivity index (χ1n) is 11.3. The third-order valence-corrected chi connectivity index (χ3v) is 5.76. The molecule has 0 heterocycles. The Balaban J connectivity index is 1.41. The Morgan fingerprint density at radius 3 is 2.41 bits per heavy atom. The lowest BCUT2D eigenvalue weighted by Gasteiger charge is -2.15. The number of hydrogen-bond acceptors (Lipinski definition) is 4. The van der Waals surface area contributed by atoms with Crippen LogP contribution >= 0.6 is 0 Å². The number of hydrogen-bond donors (Lipinski definition) is 0. The van der Waals surface area contributed by atoms with Crippen molar-refractivity contribution in [2.24, 2.45) is 0 Å². The van der Waals surface area contributed by atoms with Crippen molar-refractivity contribution in [1.82, 2.24) is 0 Å². The molecule has 0 bridgehead atoms. The molecular formula is C28H28O4. The van der Waals surface area contributed by atoms with E-state index < -0.39 is 0 Å². The van der Waals surface area contributed by atoms with Gasteiger partial charge in [-0.15, -0.1) is 0 Å². The van der Waals surface area contributed by atoms with Crippen molar-refractivity contribution in [2.75, 3.05) is 6.61 Å². The number of allylic oxidation sites excluding steroid dienone is 4. The Labute approximate surface area is 189 Å². The summed E-state index contributed by atoms with van der Waals surface area (Å²) in [6.45, 7) is 4.13. The van der Waals surface area contributed by atoms with Crippen molar-refractivity contribution in [2.45, 2.75) is 46.0 Å². The second kappa shape index (κ2) is 9.82. The van der Waals surface area contributed by atoms with Gasteiger partial charge >= 0.3 is 5.97 Å². The number of rotatable bonds is 9. The number of fused-ring (bicyclic) bond motifs is 3. The molecule has 0 aromatic heterocycles. The molecule has 32 heavy (non-hydrogen) atoms. The van der Waals surface area contributed by atoms with Crippen LogP contribution in [0.4, 0.5) is 0 Å². The van der Waals surface area contributed by atoms with Crippen LogP contribution in [0.5, 0.6) is 5.75 Å². The van der Waals surface area contributed by atoms with Crippen molar-refractivity contribution in [3.05, 3.63) is 88.2 Å². The average molecular weight is 429 g/mol. The van der Waals surface area contributed by atoms with E-state index in [-0.39, 0.29) is 11.8 Å². The van der Waals surface area contributed by atoms with Gasteiger partial charge < -0.3 is 9.47 Å². The van der Waals surface area contributed by atoms with E-state index >= 15 is 0 Å². The van der Waals surface area contributed by atoms with Gasteiger partial charge in [0.25, 0.3) is 0 Å². The molecule has 0 N–H and O–H groups in total. The van der Waals surface area contributed by atoms with Gasteiger partial charge in [0.15, 0.2) is 5.76 Å². The largest absolute Gasteiger partial charge is 0.489 e. The number of esters is 1. The second-order valence-electron chi connectivity index (χ2n) is 8.21. The lowest BCUT2D eigenvalue weighted by Crippen LogP contribution is -2.12. The number of ketones is 1. The van der Waals surface area contributed by atoms with Crippen molar-refractivity contribution in [3.63, 3.8) is 0 Å². The number of aryl methyl sites for hydroxylation is 2. The number of carbonyl (C=O) groups excluding carboxylic acids is 2. The summed E-state index contributed by atoms with van der Waals surface area (Å²) in [5.74, 6) is 0.670. The van der Waals surface area contributed by atoms with E-state index in [4.69, 9.17) is 9.47 Å². The number of ether oxygens (including phenoxy) is 2. The molecule has 4 rings (SSSR count). The van der Waals surface area contributed by atoms with Crippen molar-refractivity contribution < 1.29 is 19.1 Å². The zero-order valence-electron chi connectivity index (χ0n) is 18.6. The van der Waals surface area contributed by atoms with Gasteiger partial charge in [-0.3, -0.25) is 9.59 Å². The molecule has 0 spiro atoms. The molecule has 2 aliphatic carbocycles. The number of Topliss-reactive ketones (excluding diaryl/α,β-unsaturated/α-hetero) is 1. The average Bonchev–Trinajstić information content (AvgIpc) is 3.16. The van der Waals surface area contributed by atoms with Crippen molar-refractivity contribution >= 4 is 23.4 Å². The molecule has 2 aromatic rings. The Hall–Kier alpha value is -3.40. The molecule has 0 saturated carbocycles. The summed E-state index contributed by atoms with van der Waals surface area (Å²) in [6.07, 6.45) is 10.8. The van der Waals surface area contributed by atoms with Gasteiger partial charge in [-0.1, -0.05) is 50.1 Å². The molecule has 0 radical (unpaired) electrons. The van der Waals surface area contributed by atoms with Crippen LogP contribution in [0.15, 0.2) is 65.9 Å². The molecule has 0 amide bonds. The number of carbonyl (C=O) groups is 2. The molecule has 164 valence electrons. The van der Waals surface area contributed by atoms with Gasteiger partial charge in [0.2, 0.25) is 5.78 Å². The molecule has 0 atom stereocenters. The maximum atomic E-state index is 12.9. The first-order valence-corrected chi connectivity index (χ1v) is 11.3. The zero-order valence-corrected chi connectivity index (χ0v) is 18.6. The van der Waals surface area contributed by atoms with E-state index in [9.17, 15) is 9.59 Å². The minimum atomic E-state index is -0.315. The van der Waals surface area contributed by atoms with Crippen LogP contribution in [0.2, 0.25) is 0 Å². The summed E-state index contributed by atoms with van der Waals surface area (Å²) >= 11 is 0. The predicted molar refractivity (Wildman–Crippen MR) is 126 cm³/mol. The van der Waals surface area contributed by atoms with E-state index in [2.05, 4.69) is 25.1 Å². The predicted octanol–water partition coefficient (Wildman–Crippen LogP) is 5.85. The molecule has 2 aliphatic rings. The van der Waals surface area contributed by atoms with Crippen molar-refractivity contribution in [3.8, 4) is 5.75 Å². The molecule has 0 aliphatic heterocycles. The van der Waals surface area contributed by atoms with Gasteiger partial charge in [-0.05, 0) is 77.5 Å². The topological polar surface area (TPSA) is 52.6 Å². The van der Waals surface area contributed by atoms with Gasteiger partial charge in [-0.2, -0.15) is 0 Å². The van der Waals surface area contributed by atoms with Crippen LogP contribution in [0.3, 0.4) is 0 Å². The van der Waals surface area contributed by atoms with Gasteiger partial charge in [0, 0.05) is 12.5 Å². The Kier molecular flexibility index (Phi) is 6.69. The van der Waals surface area contributed by atoms with E-state index in [1.807, 2.05) is 42.5 Å². The lowest BCUT2D eigenvalue weighted by atomic mass is 9.94. The normalized spacial score (nSPS) is 14.2. The SMILES string of the molecule is CCCCCOC1=CC=C2C(=Cc3cc(CCc4ccc(OC(C)=O)cc4)ccc32)C1=O. The summed E-state index contributed by atoms with van der Waals surface area (Å²) in [5.41, 5.74) is 6.30. The monoisotopic (exact) mass is 428 g/mol. The molecule has 4 heteroatoms. The van der Waals surface area contributed by atoms with Crippen LogP contribution < -0.4 is 4.74 Å². The van der Waals surface area contributed by atoms with Crippen LogP contribution in [-0.2, 0) is 27.2 Å². The lowest BCUT2D eigenvalue weighted by molar-refractivity contribution is -0.131.